The largest absolute Gasteiger partial charge is 0.369 e. The summed E-state index contributed by atoms with van der Waals surface area (Å²) in [6.45, 7) is 0. The van der Waals surface area contributed by atoms with Crippen molar-refractivity contribution in [3.05, 3.63) is 40.5 Å². The first-order valence-corrected chi connectivity index (χ1v) is 9.02. The number of hydrogen-bond donors (Lipinski definition) is 2. The molecule has 128 valence electrons. The van der Waals surface area contributed by atoms with Gasteiger partial charge in [0, 0.05) is 12.4 Å². The lowest BCUT2D eigenvalue weighted by Gasteiger charge is -2.10. The van der Waals surface area contributed by atoms with Crippen molar-refractivity contribution in [3.8, 4) is 17.2 Å². The molecule has 2 heterocycles. The molecule has 8 heteroatoms. The molecule has 0 aliphatic heterocycles. The predicted octanol–water partition coefficient (Wildman–Crippen LogP) is 1.95. The van der Waals surface area contributed by atoms with E-state index in [0.29, 0.717) is 11.6 Å². The molecule has 0 atom stereocenters. The van der Waals surface area contributed by atoms with Gasteiger partial charge in [-0.25, -0.2) is 14.6 Å². The molecule has 4 rings (SSSR count). The van der Waals surface area contributed by atoms with Crippen LogP contribution in [0.4, 0.5) is 5.13 Å². The third-order valence-corrected chi connectivity index (χ3v) is 5.14. The summed E-state index contributed by atoms with van der Waals surface area (Å²) in [5, 5.41) is 10.3. The van der Waals surface area contributed by atoms with Crippen molar-refractivity contribution >= 4 is 22.4 Å². The van der Waals surface area contributed by atoms with Crippen molar-refractivity contribution in [2.24, 2.45) is 5.73 Å². The highest BCUT2D eigenvalue weighted by Gasteiger charge is 2.22. The number of hydrogen-bond acceptors (Lipinski definition) is 6. The van der Waals surface area contributed by atoms with Crippen molar-refractivity contribution in [2.45, 2.75) is 25.7 Å². The van der Waals surface area contributed by atoms with E-state index in [2.05, 4.69) is 26.4 Å². The smallest absolute Gasteiger partial charge is 0.225 e. The van der Waals surface area contributed by atoms with E-state index in [1.165, 1.54) is 22.5 Å². The van der Waals surface area contributed by atoms with E-state index in [1.54, 1.807) is 4.68 Å². The first kappa shape index (κ1) is 15.8. The Morgan fingerprint density at radius 2 is 2.24 bits per heavy atom. The molecule has 0 bridgehead atoms. The highest BCUT2D eigenvalue weighted by atomic mass is 32.1. The fraction of sp³-hybridized carbons (Fsp3) is 0.294. The van der Waals surface area contributed by atoms with Gasteiger partial charge in [-0.1, -0.05) is 12.1 Å². The Hall–Kier alpha value is -2.74. The highest BCUT2D eigenvalue weighted by Crippen LogP contribution is 2.31. The molecular weight excluding hydrogens is 336 g/mol. The molecule has 1 aromatic carbocycles. The number of thiazole rings is 1. The fourth-order valence-electron chi connectivity index (χ4n) is 3.21. The molecule has 3 N–H and O–H groups in total. The number of carbonyl (C=O) groups is 1. The summed E-state index contributed by atoms with van der Waals surface area (Å²) in [5.74, 6) is 0.600. The van der Waals surface area contributed by atoms with E-state index in [4.69, 9.17) is 5.73 Å². The zero-order valence-electron chi connectivity index (χ0n) is 13.8. The number of anilines is 1. The van der Waals surface area contributed by atoms with Crippen LogP contribution >= 0.6 is 11.3 Å². The second-order valence-electron chi connectivity index (χ2n) is 5.96. The minimum absolute atomic E-state index is 0.0120. The summed E-state index contributed by atoms with van der Waals surface area (Å²) in [6.07, 6.45) is 3.26. The Morgan fingerprint density at radius 1 is 1.36 bits per heavy atom. The highest BCUT2D eigenvalue weighted by molar-refractivity contribution is 7.14. The molecule has 25 heavy (non-hydrogen) atoms. The number of amides is 1. The summed E-state index contributed by atoms with van der Waals surface area (Å²) in [6, 6.07) is 6.25. The lowest BCUT2D eigenvalue weighted by Crippen LogP contribution is -2.14. The van der Waals surface area contributed by atoms with E-state index < -0.39 is 5.91 Å². The maximum atomic E-state index is 11.3. The van der Waals surface area contributed by atoms with Gasteiger partial charge in [0.1, 0.15) is 5.69 Å². The van der Waals surface area contributed by atoms with Gasteiger partial charge >= 0.3 is 0 Å². The number of rotatable bonds is 5. The van der Waals surface area contributed by atoms with Crippen LogP contribution in [0.15, 0.2) is 23.6 Å². The minimum atomic E-state index is -0.448. The van der Waals surface area contributed by atoms with Gasteiger partial charge in [0.2, 0.25) is 5.91 Å². The van der Waals surface area contributed by atoms with Crippen LogP contribution in [-0.4, -0.2) is 32.7 Å². The van der Waals surface area contributed by atoms with Gasteiger partial charge in [-0.15, -0.1) is 11.3 Å². The van der Waals surface area contributed by atoms with E-state index in [1.807, 2.05) is 24.6 Å². The number of primary amides is 1. The molecule has 0 saturated heterocycles. The zero-order chi connectivity index (χ0) is 17.4. The van der Waals surface area contributed by atoms with Gasteiger partial charge in [-0.2, -0.15) is 5.10 Å². The fourth-order valence-corrected chi connectivity index (χ4v) is 3.86. The molecule has 7 nitrogen and oxygen atoms in total. The van der Waals surface area contributed by atoms with Crippen molar-refractivity contribution in [1.29, 1.82) is 0 Å². The molecule has 1 aliphatic carbocycles. The minimum Gasteiger partial charge on any atom is -0.369 e. The molecule has 2 aromatic heterocycles. The van der Waals surface area contributed by atoms with Crippen molar-refractivity contribution < 1.29 is 4.79 Å². The summed E-state index contributed by atoms with van der Waals surface area (Å²) < 4.78 is 1.80. The van der Waals surface area contributed by atoms with Crippen LogP contribution in [0.1, 0.15) is 23.4 Å². The maximum Gasteiger partial charge on any atom is 0.225 e. The average molecular weight is 354 g/mol. The standard InChI is InChI=1S/C17H18N6OS/c1-19-17-20-12(9-25-17)16-21-15(8-14(18)24)22-23(16)13-7-3-5-10-4-2-6-11(10)13/h3,5,7,9H,2,4,6,8H2,1H3,(H2,18,24)(H,19,20). The second kappa shape index (κ2) is 6.29. The Balaban J connectivity index is 1.87. The van der Waals surface area contributed by atoms with Crippen molar-refractivity contribution in [2.75, 3.05) is 12.4 Å². The molecule has 0 fully saturated rings. The first-order valence-electron chi connectivity index (χ1n) is 8.14. The summed E-state index contributed by atoms with van der Waals surface area (Å²) in [4.78, 5) is 20.4. The molecule has 3 aromatic rings. The Labute approximate surface area is 148 Å². The number of fused-ring (bicyclic) bond motifs is 1. The Morgan fingerprint density at radius 3 is 3.00 bits per heavy atom. The van der Waals surface area contributed by atoms with Gasteiger partial charge in [-0.05, 0) is 36.5 Å². The van der Waals surface area contributed by atoms with E-state index >= 15 is 0 Å². The third kappa shape index (κ3) is 2.89. The number of nitrogens with zero attached hydrogens (tertiary/aromatic N) is 4. The van der Waals surface area contributed by atoms with Gasteiger partial charge in [0.15, 0.2) is 16.8 Å². The molecule has 1 amide bonds. The summed E-state index contributed by atoms with van der Waals surface area (Å²) in [5.41, 5.74) is 9.71. The summed E-state index contributed by atoms with van der Waals surface area (Å²) >= 11 is 1.50. The number of nitrogens with two attached hydrogens (primary N) is 1. The number of benzene rings is 1. The monoisotopic (exact) mass is 354 g/mol. The maximum absolute atomic E-state index is 11.3. The van der Waals surface area contributed by atoms with E-state index in [-0.39, 0.29) is 6.42 Å². The van der Waals surface area contributed by atoms with Crippen LogP contribution < -0.4 is 11.1 Å². The van der Waals surface area contributed by atoms with E-state index in [9.17, 15) is 4.79 Å². The number of aryl methyl sites for hydroxylation is 1. The van der Waals surface area contributed by atoms with Crippen LogP contribution in [0.5, 0.6) is 0 Å². The van der Waals surface area contributed by atoms with E-state index in [0.717, 1.165) is 35.8 Å². The Kier molecular flexibility index (Phi) is 3.96. The van der Waals surface area contributed by atoms with Crippen molar-refractivity contribution in [3.63, 3.8) is 0 Å². The summed E-state index contributed by atoms with van der Waals surface area (Å²) in [7, 11) is 1.83. The lowest BCUT2D eigenvalue weighted by atomic mass is 10.1. The SMILES string of the molecule is CNc1nc(-c2nc(CC(N)=O)nn2-c2cccc3c2CCC3)cs1. The lowest BCUT2D eigenvalue weighted by molar-refractivity contribution is -0.117. The molecule has 0 radical (unpaired) electrons. The number of carbonyl (C=O) groups excluding carboxylic acids is 1. The topological polar surface area (TPSA) is 98.7 Å². The number of aromatic nitrogens is 4. The van der Waals surface area contributed by atoms with Gasteiger partial charge < -0.3 is 11.1 Å². The van der Waals surface area contributed by atoms with Crippen LogP contribution in [0.25, 0.3) is 17.2 Å². The molecular formula is C17H18N6OS. The predicted molar refractivity (Wildman–Crippen MR) is 96.9 cm³/mol. The quantitative estimate of drug-likeness (QED) is 0.730. The third-order valence-electron chi connectivity index (χ3n) is 4.28. The Bertz CT molecular complexity index is 945. The molecule has 0 spiro atoms. The van der Waals surface area contributed by atoms with Crippen LogP contribution in [0, 0.1) is 0 Å². The van der Waals surface area contributed by atoms with Crippen LogP contribution in [0.2, 0.25) is 0 Å². The average Bonchev–Trinajstić information content (AvgIpc) is 3.32. The molecule has 1 aliphatic rings. The number of nitrogens with one attached hydrogen (secondary N) is 1. The van der Waals surface area contributed by atoms with Crippen molar-refractivity contribution in [1.82, 2.24) is 19.7 Å². The molecule has 0 saturated carbocycles. The van der Waals surface area contributed by atoms with Gasteiger partial charge in [-0.3, -0.25) is 4.79 Å². The van der Waals surface area contributed by atoms with Crippen LogP contribution in [0.3, 0.4) is 0 Å². The molecule has 0 unspecified atom stereocenters. The normalized spacial score (nSPS) is 13.0. The first-order chi connectivity index (χ1) is 12.2. The van der Waals surface area contributed by atoms with Crippen LogP contribution in [-0.2, 0) is 24.1 Å². The zero-order valence-corrected chi connectivity index (χ0v) is 14.6. The van der Waals surface area contributed by atoms with Gasteiger partial charge in [0.25, 0.3) is 0 Å². The second-order valence-corrected chi connectivity index (χ2v) is 6.82. The van der Waals surface area contributed by atoms with Gasteiger partial charge in [0.05, 0.1) is 12.1 Å².